The van der Waals surface area contributed by atoms with Gasteiger partial charge in [0.1, 0.15) is 11.5 Å². The molecule has 3 N–H and O–H groups in total. The van der Waals surface area contributed by atoms with E-state index in [4.69, 9.17) is 20.3 Å². The topological polar surface area (TPSA) is 81.8 Å². The average molecular weight is 287 g/mol. The Morgan fingerprint density at radius 2 is 1.71 bits per heavy atom. The van der Waals surface area contributed by atoms with E-state index in [1.54, 1.807) is 12.1 Å². The van der Waals surface area contributed by atoms with Crippen molar-refractivity contribution in [2.75, 3.05) is 18.9 Å². The third-order valence-electron chi connectivity index (χ3n) is 2.85. The molecule has 2 aromatic carbocycles. The lowest BCUT2D eigenvalue weighted by atomic mass is 10.1. The molecule has 0 bridgehead atoms. The molecule has 2 aromatic rings. The Bertz CT molecular complexity index is 598. The summed E-state index contributed by atoms with van der Waals surface area (Å²) in [5, 5.41) is 8.97. The molecule has 110 valence electrons. The second kappa shape index (κ2) is 7.19. The van der Waals surface area contributed by atoms with Crippen LogP contribution in [0.15, 0.2) is 48.5 Å². The van der Waals surface area contributed by atoms with Crippen LogP contribution in [-0.4, -0.2) is 24.3 Å². The first-order valence-electron chi connectivity index (χ1n) is 6.61. The molecule has 0 unspecified atom stereocenters. The monoisotopic (exact) mass is 287 g/mol. The number of benzene rings is 2. The predicted molar refractivity (Wildman–Crippen MR) is 79.9 cm³/mol. The number of ether oxygens (including phenoxy) is 2. The van der Waals surface area contributed by atoms with Crippen LogP contribution in [0.4, 0.5) is 5.69 Å². The summed E-state index contributed by atoms with van der Waals surface area (Å²) in [6, 6.07) is 14.2. The quantitative estimate of drug-likeness (QED) is 0.604. The SMILES string of the molecule is Nc1c(OCCCOc2ccccc2)cccc1C(=O)O. The standard InChI is InChI=1S/C16H17NO4/c17-15-13(16(18)19)8-4-9-14(15)21-11-5-10-20-12-6-2-1-3-7-12/h1-4,6-9H,5,10-11,17H2,(H,18,19). The number of hydrogen-bond acceptors (Lipinski definition) is 4. The van der Waals surface area contributed by atoms with Crippen molar-refractivity contribution >= 4 is 11.7 Å². The van der Waals surface area contributed by atoms with Crippen molar-refractivity contribution in [3.63, 3.8) is 0 Å². The molecule has 0 atom stereocenters. The largest absolute Gasteiger partial charge is 0.493 e. The van der Waals surface area contributed by atoms with E-state index >= 15 is 0 Å². The van der Waals surface area contributed by atoms with Crippen LogP contribution in [0.3, 0.4) is 0 Å². The zero-order valence-corrected chi connectivity index (χ0v) is 11.5. The number of para-hydroxylation sites is 2. The highest BCUT2D eigenvalue weighted by Gasteiger charge is 2.11. The van der Waals surface area contributed by atoms with Gasteiger partial charge in [-0.2, -0.15) is 0 Å². The highest BCUT2D eigenvalue weighted by molar-refractivity contribution is 5.95. The lowest BCUT2D eigenvalue weighted by molar-refractivity contribution is 0.0697. The van der Waals surface area contributed by atoms with Crippen molar-refractivity contribution in [3.05, 3.63) is 54.1 Å². The summed E-state index contributed by atoms with van der Waals surface area (Å²) in [6.07, 6.45) is 0.672. The fourth-order valence-electron chi connectivity index (χ4n) is 1.80. The maximum Gasteiger partial charge on any atom is 0.337 e. The van der Waals surface area contributed by atoms with Gasteiger partial charge in [-0.1, -0.05) is 24.3 Å². The second-order valence-electron chi connectivity index (χ2n) is 4.39. The molecule has 5 nitrogen and oxygen atoms in total. The maximum atomic E-state index is 11.0. The summed E-state index contributed by atoms with van der Waals surface area (Å²) in [6.45, 7) is 0.919. The van der Waals surface area contributed by atoms with Crippen molar-refractivity contribution < 1.29 is 19.4 Å². The van der Waals surface area contributed by atoms with E-state index < -0.39 is 5.97 Å². The predicted octanol–water partition coefficient (Wildman–Crippen LogP) is 2.81. The zero-order chi connectivity index (χ0) is 15.1. The van der Waals surface area contributed by atoms with Gasteiger partial charge in [0.15, 0.2) is 0 Å². The minimum atomic E-state index is -1.06. The number of aromatic carboxylic acids is 1. The number of carboxylic acid groups (broad SMARTS) is 1. The molecular formula is C16H17NO4. The van der Waals surface area contributed by atoms with Gasteiger partial charge in [-0.25, -0.2) is 4.79 Å². The zero-order valence-electron chi connectivity index (χ0n) is 11.5. The van der Waals surface area contributed by atoms with Crippen LogP contribution in [0, 0.1) is 0 Å². The van der Waals surface area contributed by atoms with Gasteiger partial charge in [0.25, 0.3) is 0 Å². The number of nitrogen functional groups attached to an aromatic ring is 1. The van der Waals surface area contributed by atoms with Crippen LogP contribution < -0.4 is 15.2 Å². The Hall–Kier alpha value is -2.69. The Kier molecular flexibility index (Phi) is 5.04. The molecule has 21 heavy (non-hydrogen) atoms. The fraction of sp³-hybridized carbons (Fsp3) is 0.188. The van der Waals surface area contributed by atoms with Gasteiger partial charge in [0, 0.05) is 6.42 Å². The Morgan fingerprint density at radius 1 is 1.00 bits per heavy atom. The van der Waals surface area contributed by atoms with Gasteiger partial charge in [-0.3, -0.25) is 0 Å². The molecule has 0 fully saturated rings. The molecule has 0 saturated carbocycles. The first kappa shape index (κ1) is 14.7. The summed E-state index contributed by atoms with van der Waals surface area (Å²) >= 11 is 0. The average Bonchev–Trinajstić information content (AvgIpc) is 2.49. The smallest absolute Gasteiger partial charge is 0.337 e. The minimum absolute atomic E-state index is 0.0491. The molecule has 0 aliphatic carbocycles. The van der Waals surface area contributed by atoms with Crippen molar-refractivity contribution in [2.24, 2.45) is 0 Å². The molecule has 0 heterocycles. The van der Waals surface area contributed by atoms with Crippen LogP contribution in [0.5, 0.6) is 11.5 Å². The van der Waals surface area contributed by atoms with E-state index in [1.807, 2.05) is 30.3 Å². The van der Waals surface area contributed by atoms with Crippen molar-refractivity contribution in [2.45, 2.75) is 6.42 Å². The van der Waals surface area contributed by atoms with Crippen molar-refractivity contribution in [3.8, 4) is 11.5 Å². The second-order valence-corrected chi connectivity index (χ2v) is 4.39. The summed E-state index contributed by atoms with van der Waals surface area (Å²) < 4.78 is 11.0. The van der Waals surface area contributed by atoms with E-state index in [0.29, 0.717) is 25.4 Å². The molecule has 0 aliphatic heterocycles. The minimum Gasteiger partial charge on any atom is -0.493 e. The van der Waals surface area contributed by atoms with Gasteiger partial charge < -0.3 is 20.3 Å². The van der Waals surface area contributed by atoms with Gasteiger partial charge in [0.2, 0.25) is 0 Å². The Balaban J connectivity index is 1.79. The third-order valence-corrected chi connectivity index (χ3v) is 2.85. The van der Waals surface area contributed by atoms with Gasteiger partial charge in [0.05, 0.1) is 24.5 Å². The van der Waals surface area contributed by atoms with Gasteiger partial charge in [-0.15, -0.1) is 0 Å². The van der Waals surface area contributed by atoms with Crippen LogP contribution in [0.25, 0.3) is 0 Å². The van der Waals surface area contributed by atoms with Crippen LogP contribution in [0.2, 0.25) is 0 Å². The number of nitrogens with two attached hydrogens (primary N) is 1. The van der Waals surface area contributed by atoms with Crippen LogP contribution in [-0.2, 0) is 0 Å². The summed E-state index contributed by atoms with van der Waals surface area (Å²) in [7, 11) is 0. The van der Waals surface area contributed by atoms with E-state index in [1.165, 1.54) is 6.07 Å². The first-order valence-corrected chi connectivity index (χ1v) is 6.61. The Morgan fingerprint density at radius 3 is 2.43 bits per heavy atom. The normalized spacial score (nSPS) is 10.1. The third kappa shape index (κ3) is 4.14. The van der Waals surface area contributed by atoms with E-state index in [2.05, 4.69) is 0 Å². The molecule has 2 rings (SSSR count). The Labute approximate surface area is 122 Å². The summed E-state index contributed by atoms with van der Waals surface area (Å²) in [5.74, 6) is 0.130. The fourth-order valence-corrected chi connectivity index (χ4v) is 1.80. The summed E-state index contributed by atoms with van der Waals surface area (Å²) in [4.78, 5) is 11.0. The van der Waals surface area contributed by atoms with Crippen LogP contribution >= 0.6 is 0 Å². The number of hydrogen-bond donors (Lipinski definition) is 2. The first-order chi connectivity index (χ1) is 10.2. The molecule has 0 radical (unpaired) electrons. The van der Waals surface area contributed by atoms with Crippen molar-refractivity contribution in [1.29, 1.82) is 0 Å². The van der Waals surface area contributed by atoms with E-state index in [9.17, 15) is 4.79 Å². The molecular weight excluding hydrogens is 270 g/mol. The highest BCUT2D eigenvalue weighted by atomic mass is 16.5. The summed E-state index contributed by atoms with van der Waals surface area (Å²) in [5.41, 5.74) is 5.95. The molecule has 0 amide bonds. The number of anilines is 1. The molecule has 0 saturated heterocycles. The number of carbonyl (C=O) groups is 1. The van der Waals surface area contributed by atoms with Crippen LogP contribution in [0.1, 0.15) is 16.8 Å². The molecule has 0 aliphatic rings. The van der Waals surface area contributed by atoms with Gasteiger partial charge in [-0.05, 0) is 24.3 Å². The van der Waals surface area contributed by atoms with Gasteiger partial charge >= 0.3 is 5.97 Å². The maximum absolute atomic E-state index is 11.0. The lowest BCUT2D eigenvalue weighted by Crippen LogP contribution is -2.08. The number of rotatable bonds is 7. The highest BCUT2D eigenvalue weighted by Crippen LogP contribution is 2.25. The number of carboxylic acids is 1. The lowest BCUT2D eigenvalue weighted by Gasteiger charge is -2.11. The van der Waals surface area contributed by atoms with E-state index in [-0.39, 0.29) is 11.3 Å². The molecule has 0 aromatic heterocycles. The van der Waals surface area contributed by atoms with E-state index in [0.717, 1.165) is 5.75 Å². The molecule has 0 spiro atoms. The van der Waals surface area contributed by atoms with Crippen molar-refractivity contribution in [1.82, 2.24) is 0 Å². The molecule has 5 heteroatoms.